The van der Waals surface area contributed by atoms with E-state index in [1.54, 1.807) is 19.1 Å². The Hall–Kier alpha value is -1.97. The quantitative estimate of drug-likeness (QED) is 0.593. The van der Waals surface area contributed by atoms with E-state index in [1.165, 1.54) is 17.5 Å². The van der Waals surface area contributed by atoms with Crippen molar-refractivity contribution in [3.63, 3.8) is 0 Å². The van der Waals surface area contributed by atoms with Crippen LogP contribution in [0.15, 0.2) is 23.1 Å². The van der Waals surface area contributed by atoms with Gasteiger partial charge in [-0.1, -0.05) is 26.3 Å². The van der Waals surface area contributed by atoms with Crippen LogP contribution in [0.2, 0.25) is 0 Å². The van der Waals surface area contributed by atoms with E-state index >= 15 is 0 Å². The number of benzene rings is 1. The van der Waals surface area contributed by atoms with Crippen molar-refractivity contribution in [3.05, 3.63) is 23.8 Å². The van der Waals surface area contributed by atoms with Crippen LogP contribution in [0.4, 0.5) is 5.69 Å². The number of amides is 1. The summed E-state index contributed by atoms with van der Waals surface area (Å²) >= 11 is 0. The maximum Gasteiger partial charge on any atom is 0.309 e. The maximum absolute atomic E-state index is 12.9. The summed E-state index contributed by atoms with van der Waals surface area (Å²) in [5.74, 6) is -0.924. The van der Waals surface area contributed by atoms with E-state index in [-0.39, 0.29) is 29.2 Å². The fourth-order valence-electron chi connectivity index (χ4n) is 3.51. The first-order valence-corrected chi connectivity index (χ1v) is 11.8. The van der Waals surface area contributed by atoms with Gasteiger partial charge in [-0.2, -0.15) is 4.31 Å². The first-order chi connectivity index (χ1) is 14.2. The van der Waals surface area contributed by atoms with Crippen LogP contribution < -0.4 is 5.32 Å². The highest BCUT2D eigenvalue weighted by atomic mass is 32.2. The molecular weight excluding hydrogens is 406 g/mol. The molecule has 1 heterocycles. The number of piperidine rings is 1. The number of nitrogens with one attached hydrogen (secondary N) is 1. The van der Waals surface area contributed by atoms with Crippen LogP contribution in [-0.2, 0) is 24.3 Å². The number of ether oxygens (including phenoxy) is 1. The highest BCUT2D eigenvalue weighted by molar-refractivity contribution is 7.89. The first kappa shape index (κ1) is 24.3. The molecule has 0 radical (unpaired) electrons. The molecule has 0 aromatic heterocycles. The van der Waals surface area contributed by atoms with E-state index in [9.17, 15) is 18.0 Å². The van der Waals surface area contributed by atoms with Crippen LogP contribution in [0.25, 0.3) is 0 Å². The highest BCUT2D eigenvalue weighted by Gasteiger charge is 2.26. The zero-order valence-corrected chi connectivity index (χ0v) is 19.1. The molecule has 2 rings (SSSR count). The van der Waals surface area contributed by atoms with Gasteiger partial charge >= 0.3 is 5.97 Å². The zero-order chi connectivity index (χ0) is 22.3. The lowest BCUT2D eigenvalue weighted by atomic mass is 10.1. The summed E-state index contributed by atoms with van der Waals surface area (Å²) in [5.41, 5.74) is 1.27. The Morgan fingerprint density at radius 2 is 1.90 bits per heavy atom. The van der Waals surface area contributed by atoms with Gasteiger partial charge in [0.15, 0.2) is 0 Å². The second-order valence-corrected chi connectivity index (χ2v) is 9.68. The SMILES string of the molecule is CCN(CC(=O)Nc1cc(S(=O)(=O)N2CCCCC2)ccc1C)CC(C)C(=O)OC. The monoisotopic (exact) mass is 439 g/mol. The molecule has 1 aliphatic rings. The second-order valence-electron chi connectivity index (χ2n) is 7.74. The minimum Gasteiger partial charge on any atom is -0.469 e. The van der Waals surface area contributed by atoms with Crippen molar-refractivity contribution in [2.45, 2.75) is 44.9 Å². The number of carbonyl (C=O) groups excluding carboxylic acids is 2. The van der Waals surface area contributed by atoms with Crippen LogP contribution in [0.5, 0.6) is 0 Å². The Morgan fingerprint density at radius 3 is 2.50 bits per heavy atom. The molecule has 1 aromatic rings. The average molecular weight is 440 g/mol. The van der Waals surface area contributed by atoms with Gasteiger partial charge in [-0.15, -0.1) is 0 Å². The lowest BCUT2D eigenvalue weighted by Crippen LogP contribution is -2.38. The molecule has 1 unspecified atom stereocenters. The predicted molar refractivity (Wildman–Crippen MR) is 116 cm³/mol. The molecule has 30 heavy (non-hydrogen) atoms. The Bertz CT molecular complexity index is 850. The zero-order valence-electron chi connectivity index (χ0n) is 18.3. The van der Waals surface area contributed by atoms with Gasteiger partial charge in [0.25, 0.3) is 0 Å². The van der Waals surface area contributed by atoms with Crippen molar-refractivity contribution in [3.8, 4) is 0 Å². The second kappa shape index (κ2) is 10.9. The highest BCUT2D eigenvalue weighted by Crippen LogP contribution is 2.25. The van der Waals surface area contributed by atoms with Gasteiger partial charge < -0.3 is 10.1 Å². The number of anilines is 1. The molecule has 1 N–H and O–H groups in total. The van der Waals surface area contributed by atoms with Gasteiger partial charge in [0, 0.05) is 25.3 Å². The Balaban J connectivity index is 2.09. The van der Waals surface area contributed by atoms with Gasteiger partial charge in [-0.3, -0.25) is 14.5 Å². The third kappa shape index (κ3) is 6.26. The fraction of sp³-hybridized carbons (Fsp3) is 0.619. The van der Waals surface area contributed by atoms with Gasteiger partial charge in [0.1, 0.15) is 0 Å². The van der Waals surface area contributed by atoms with Gasteiger partial charge in [-0.05, 0) is 44.0 Å². The molecule has 1 aromatic carbocycles. The molecule has 1 amide bonds. The molecule has 9 heteroatoms. The molecule has 8 nitrogen and oxygen atoms in total. The number of methoxy groups -OCH3 is 1. The van der Waals surface area contributed by atoms with Crippen molar-refractivity contribution in [2.75, 3.05) is 45.2 Å². The van der Waals surface area contributed by atoms with Crippen LogP contribution in [0.3, 0.4) is 0 Å². The Morgan fingerprint density at radius 1 is 1.23 bits per heavy atom. The number of nitrogens with zero attached hydrogens (tertiary/aromatic N) is 2. The van der Waals surface area contributed by atoms with Gasteiger partial charge in [0.2, 0.25) is 15.9 Å². The molecule has 0 saturated carbocycles. The summed E-state index contributed by atoms with van der Waals surface area (Å²) in [7, 11) is -2.23. The number of hydrogen-bond acceptors (Lipinski definition) is 6. The molecule has 0 bridgehead atoms. The van der Waals surface area contributed by atoms with Crippen LogP contribution in [0, 0.1) is 12.8 Å². The van der Waals surface area contributed by atoms with E-state index in [0.717, 1.165) is 24.8 Å². The largest absolute Gasteiger partial charge is 0.469 e. The van der Waals surface area contributed by atoms with E-state index in [4.69, 9.17) is 4.74 Å². The summed E-state index contributed by atoms with van der Waals surface area (Å²) < 4.78 is 32.1. The lowest BCUT2D eigenvalue weighted by molar-refractivity contribution is -0.145. The van der Waals surface area contributed by atoms with Crippen molar-refractivity contribution in [1.82, 2.24) is 9.21 Å². The summed E-state index contributed by atoms with van der Waals surface area (Å²) in [4.78, 5) is 26.3. The summed E-state index contributed by atoms with van der Waals surface area (Å²) in [6, 6.07) is 4.83. The fourth-order valence-corrected chi connectivity index (χ4v) is 5.06. The molecule has 1 saturated heterocycles. The molecule has 0 aliphatic carbocycles. The van der Waals surface area contributed by atoms with Gasteiger partial charge in [0.05, 0.1) is 24.5 Å². The third-order valence-corrected chi connectivity index (χ3v) is 7.28. The van der Waals surface area contributed by atoms with E-state index in [2.05, 4.69) is 5.32 Å². The normalized spacial score (nSPS) is 16.3. The third-order valence-electron chi connectivity index (χ3n) is 5.39. The summed E-state index contributed by atoms with van der Waals surface area (Å²) in [6.07, 6.45) is 2.78. The van der Waals surface area contributed by atoms with E-state index in [0.29, 0.717) is 31.9 Å². The van der Waals surface area contributed by atoms with Gasteiger partial charge in [-0.25, -0.2) is 8.42 Å². The molecule has 1 aliphatic heterocycles. The molecule has 0 spiro atoms. The minimum atomic E-state index is -3.57. The number of rotatable bonds is 9. The number of carbonyl (C=O) groups is 2. The summed E-state index contributed by atoms with van der Waals surface area (Å²) in [6.45, 7) is 7.64. The number of sulfonamides is 1. The number of likely N-dealkylation sites (N-methyl/N-ethyl adjacent to an activating group) is 1. The Kier molecular flexibility index (Phi) is 8.81. The number of esters is 1. The lowest BCUT2D eigenvalue weighted by Gasteiger charge is -2.26. The maximum atomic E-state index is 12.9. The van der Waals surface area contributed by atoms with Crippen molar-refractivity contribution < 1.29 is 22.7 Å². The smallest absolute Gasteiger partial charge is 0.309 e. The van der Waals surface area contributed by atoms with Crippen molar-refractivity contribution in [2.24, 2.45) is 5.92 Å². The van der Waals surface area contributed by atoms with Crippen LogP contribution >= 0.6 is 0 Å². The molecule has 1 fully saturated rings. The topological polar surface area (TPSA) is 96.0 Å². The number of hydrogen-bond donors (Lipinski definition) is 1. The van der Waals surface area contributed by atoms with Crippen LogP contribution in [0.1, 0.15) is 38.7 Å². The van der Waals surface area contributed by atoms with Crippen LogP contribution in [-0.4, -0.2) is 69.3 Å². The molecule has 1 atom stereocenters. The predicted octanol–water partition coefficient (Wildman–Crippen LogP) is 2.24. The Labute approximate surface area is 179 Å². The minimum absolute atomic E-state index is 0.0976. The standard InChI is InChI=1S/C21H33N3O5S/c1-5-23(14-17(3)21(26)29-4)15-20(25)22-19-13-18(10-9-16(19)2)30(27,28)24-11-7-6-8-12-24/h9-10,13,17H,5-8,11-12,14-15H2,1-4H3,(H,22,25). The van der Waals surface area contributed by atoms with Crippen molar-refractivity contribution >= 4 is 27.6 Å². The van der Waals surface area contributed by atoms with E-state index < -0.39 is 10.0 Å². The molecular formula is C21H33N3O5S. The summed E-state index contributed by atoms with van der Waals surface area (Å²) in [5, 5.41) is 2.83. The van der Waals surface area contributed by atoms with E-state index in [1.807, 2.05) is 18.7 Å². The molecule has 168 valence electrons. The average Bonchev–Trinajstić information content (AvgIpc) is 2.74. The first-order valence-electron chi connectivity index (χ1n) is 10.4. The number of aryl methyl sites for hydroxylation is 1. The van der Waals surface area contributed by atoms with Crippen molar-refractivity contribution in [1.29, 1.82) is 0 Å².